The minimum atomic E-state index is -4.59. The Bertz CT molecular complexity index is 1330. The summed E-state index contributed by atoms with van der Waals surface area (Å²) >= 11 is 0. The van der Waals surface area contributed by atoms with Gasteiger partial charge in [-0.1, -0.05) is 48.5 Å². The van der Waals surface area contributed by atoms with Crippen molar-refractivity contribution in [3.63, 3.8) is 0 Å². The minimum Gasteiger partial charge on any atom is -0.493 e. The van der Waals surface area contributed by atoms with E-state index in [-0.39, 0.29) is 5.69 Å². The maximum Gasteiger partial charge on any atom is 0.418 e. The molecule has 0 radical (unpaired) electrons. The van der Waals surface area contributed by atoms with Gasteiger partial charge in [-0.25, -0.2) is 0 Å². The molecule has 0 saturated carbocycles. The van der Waals surface area contributed by atoms with Crippen LogP contribution in [0.2, 0.25) is 0 Å². The molecule has 3 aromatic carbocycles. The molecule has 1 aromatic heterocycles. The molecule has 0 fully saturated rings. The van der Waals surface area contributed by atoms with Crippen molar-refractivity contribution in [2.75, 3.05) is 19.0 Å². The smallest absolute Gasteiger partial charge is 0.418 e. The van der Waals surface area contributed by atoms with Crippen molar-refractivity contribution in [3.8, 4) is 11.5 Å². The number of methoxy groups -OCH3 is 1. The van der Waals surface area contributed by atoms with E-state index in [1.807, 2.05) is 42.5 Å². The molecule has 9 heteroatoms. The van der Waals surface area contributed by atoms with Crippen molar-refractivity contribution in [1.29, 1.82) is 0 Å². The highest BCUT2D eigenvalue weighted by atomic mass is 19.4. The molecule has 0 saturated heterocycles. The summed E-state index contributed by atoms with van der Waals surface area (Å²) in [6.45, 7) is 1.39. The number of furan rings is 1. The standard InChI is InChI=1S/C29H27F3N2O4/c1-36-27-16-22(18-34(19-23-10-7-15-37-23)17-21-8-3-2-4-9-21)13-14-26(27)38-20-28(35)33-25-12-6-5-11-24(25)29(30,31)32/h2-16H,17-20H2,1H3,(H,33,35). The monoisotopic (exact) mass is 524 g/mol. The maximum absolute atomic E-state index is 13.2. The second-order valence-electron chi connectivity index (χ2n) is 8.58. The molecule has 38 heavy (non-hydrogen) atoms. The van der Waals surface area contributed by atoms with Gasteiger partial charge in [0.25, 0.3) is 5.91 Å². The van der Waals surface area contributed by atoms with Crippen LogP contribution < -0.4 is 14.8 Å². The fraction of sp³-hybridized carbons (Fsp3) is 0.207. The van der Waals surface area contributed by atoms with Crippen molar-refractivity contribution in [2.24, 2.45) is 0 Å². The Hall–Kier alpha value is -4.24. The van der Waals surface area contributed by atoms with Gasteiger partial charge in [-0.2, -0.15) is 13.2 Å². The quantitative estimate of drug-likeness (QED) is 0.242. The van der Waals surface area contributed by atoms with E-state index in [0.717, 1.165) is 23.0 Å². The summed E-state index contributed by atoms with van der Waals surface area (Å²) in [7, 11) is 1.48. The van der Waals surface area contributed by atoms with Crippen molar-refractivity contribution >= 4 is 11.6 Å². The van der Waals surface area contributed by atoms with Gasteiger partial charge >= 0.3 is 6.18 Å². The van der Waals surface area contributed by atoms with Crippen LogP contribution in [-0.4, -0.2) is 24.5 Å². The lowest BCUT2D eigenvalue weighted by atomic mass is 10.1. The number of carbonyl (C=O) groups is 1. The Kier molecular flexibility index (Phi) is 8.70. The Labute approximate surface area is 218 Å². The van der Waals surface area contributed by atoms with E-state index in [1.165, 1.54) is 25.3 Å². The summed E-state index contributed by atoms with van der Waals surface area (Å²) in [5, 5.41) is 2.27. The number of carbonyl (C=O) groups excluding carboxylic acids is 1. The highest BCUT2D eigenvalue weighted by molar-refractivity contribution is 5.92. The van der Waals surface area contributed by atoms with Gasteiger partial charge < -0.3 is 19.2 Å². The zero-order valence-electron chi connectivity index (χ0n) is 20.7. The molecule has 1 amide bonds. The van der Waals surface area contributed by atoms with Crippen LogP contribution in [0.3, 0.4) is 0 Å². The fourth-order valence-corrected chi connectivity index (χ4v) is 3.99. The fourth-order valence-electron chi connectivity index (χ4n) is 3.99. The molecular formula is C29H27F3N2O4. The number of nitrogens with one attached hydrogen (secondary N) is 1. The van der Waals surface area contributed by atoms with Crippen LogP contribution in [0.25, 0.3) is 0 Å². The molecular weight excluding hydrogens is 497 g/mol. The van der Waals surface area contributed by atoms with Crippen LogP contribution >= 0.6 is 0 Å². The zero-order chi connectivity index (χ0) is 27.0. The average Bonchev–Trinajstić information content (AvgIpc) is 3.41. The van der Waals surface area contributed by atoms with Crippen LogP contribution in [0.1, 0.15) is 22.5 Å². The van der Waals surface area contributed by atoms with Crippen molar-refractivity contribution < 1.29 is 31.9 Å². The summed E-state index contributed by atoms with van der Waals surface area (Å²) in [4.78, 5) is 14.6. The molecule has 1 N–H and O–H groups in total. The number of rotatable bonds is 11. The van der Waals surface area contributed by atoms with E-state index in [2.05, 4.69) is 22.3 Å². The number of nitrogens with zero attached hydrogens (tertiary/aromatic N) is 1. The number of alkyl halides is 3. The van der Waals surface area contributed by atoms with E-state index in [4.69, 9.17) is 13.9 Å². The van der Waals surface area contributed by atoms with Gasteiger partial charge in [0.1, 0.15) is 5.76 Å². The van der Waals surface area contributed by atoms with E-state index < -0.39 is 24.3 Å². The van der Waals surface area contributed by atoms with Gasteiger partial charge in [-0.05, 0) is 47.5 Å². The Balaban J connectivity index is 1.42. The summed E-state index contributed by atoms with van der Waals surface area (Å²) in [5.41, 5.74) is 0.847. The topological polar surface area (TPSA) is 63.9 Å². The van der Waals surface area contributed by atoms with Gasteiger partial charge in [0.05, 0.1) is 31.2 Å². The SMILES string of the molecule is COc1cc(CN(Cc2ccccc2)Cc2ccco2)ccc1OCC(=O)Nc1ccccc1C(F)(F)F. The van der Waals surface area contributed by atoms with Gasteiger partial charge in [-0.15, -0.1) is 0 Å². The first kappa shape index (κ1) is 26.8. The molecule has 198 valence electrons. The Morgan fingerprint density at radius 1 is 0.868 bits per heavy atom. The van der Waals surface area contributed by atoms with Crippen LogP contribution in [0.15, 0.2) is 95.6 Å². The van der Waals surface area contributed by atoms with Crippen molar-refractivity contribution in [1.82, 2.24) is 4.90 Å². The molecule has 4 rings (SSSR count). The third-order valence-electron chi connectivity index (χ3n) is 5.71. The van der Waals surface area contributed by atoms with Gasteiger partial charge in [-0.3, -0.25) is 9.69 Å². The highest BCUT2D eigenvalue weighted by Gasteiger charge is 2.33. The molecule has 6 nitrogen and oxygen atoms in total. The molecule has 4 aromatic rings. The number of ether oxygens (including phenoxy) is 2. The van der Waals surface area contributed by atoms with Crippen molar-refractivity contribution in [3.05, 3.63) is 114 Å². The normalized spacial score (nSPS) is 11.4. The summed E-state index contributed by atoms with van der Waals surface area (Å²) < 4.78 is 56.2. The second kappa shape index (κ2) is 12.3. The molecule has 0 spiro atoms. The average molecular weight is 525 g/mol. The first-order valence-electron chi connectivity index (χ1n) is 11.9. The molecule has 0 unspecified atom stereocenters. The van der Waals surface area contributed by atoms with Gasteiger partial charge in [0, 0.05) is 13.1 Å². The molecule has 0 aliphatic carbocycles. The van der Waals surface area contributed by atoms with Crippen LogP contribution in [-0.2, 0) is 30.6 Å². The second-order valence-corrected chi connectivity index (χ2v) is 8.58. The largest absolute Gasteiger partial charge is 0.493 e. The molecule has 1 heterocycles. The zero-order valence-corrected chi connectivity index (χ0v) is 20.7. The predicted octanol–water partition coefficient (Wildman–Crippen LogP) is 6.53. The van der Waals surface area contributed by atoms with E-state index in [0.29, 0.717) is 31.1 Å². The number of hydrogen-bond acceptors (Lipinski definition) is 5. The third-order valence-corrected chi connectivity index (χ3v) is 5.71. The number of amides is 1. The first-order valence-corrected chi connectivity index (χ1v) is 11.9. The maximum atomic E-state index is 13.2. The lowest BCUT2D eigenvalue weighted by Gasteiger charge is -2.22. The van der Waals surface area contributed by atoms with Crippen molar-refractivity contribution in [2.45, 2.75) is 25.8 Å². The molecule has 0 aliphatic heterocycles. The number of hydrogen-bond donors (Lipinski definition) is 1. The van der Waals surface area contributed by atoms with E-state index in [9.17, 15) is 18.0 Å². The summed E-state index contributed by atoms with van der Waals surface area (Å²) in [6.07, 6.45) is -2.95. The van der Waals surface area contributed by atoms with E-state index in [1.54, 1.807) is 12.3 Å². The molecule has 0 aliphatic rings. The summed E-state index contributed by atoms with van der Waals surface area (Å²) in [6, 6.07) is 24.0. The predicted molar refractivity (Wildman–Crippen MR) is 137 cm³/mol. The van der Waals surface area contributed by atoms with Crippen LogP contribution in [0, 0.1) is 0 Å². The minimum absolute atomic E-state index is 0.302. The number of para-hydroxylation sites is 1. The lowest BCUT2D eigenvalue weighted by Crippen LogP contribution is -2.23. The summed E-state index contributed by atoms with van der Waals surface area (Å²) in [5.74, 6) is 0.825. The van der Waals surface area contributed by atoms with Crippen LogP contribution in [0.4, 0.5) is 18.9 Å². The number of anilines is 1. The Morgan fingerprint density at radius 2 is 1.61 bits per heavy atom. The third kappa shape index (κ3) is 7.39. The first-order chi connectivity index (χ1) is 18.3. The van der Waals surface area contributed by atoms with E-state index >= 15 is 0 Å². The lowest BCUT2D eigenvalue weighted by molar-refractivity contribution is -0.137. The highest BCUT2D eigenvalue weighted by Crippen LogP contribution is 2.34. The molecule has 0 bridgehead atoms. The van der Waals surface area contributed by atoms with Gasteiger partial charge in [0.15, 0.2) is 18.1 Å². The number of halogens is 3. The number of benzene rings is 3. The van der Waals surface area contributed by atoms with Gasteiger partial charge in [0.2, 0.25) is 0 Å². The molecule has 0 atom stereocenters. The Morgan fingerprint density at radius 3 is 2.32 bits per heavy atom. The van der Waals surface area contributed by atoms with Crippen LogP contribution in [0.5, 0.6) is 11.5 Å².